The molecule has 0 aliphatic carbocycles. The van der Waals surface area contributed by atoms with Crippen LogP contribution in [0.3, 0.4) is 0 Å². The minimum atomic E-state index is -1.03. The lowest BCUT2D eigenvalue weighted by molar-refractivity contribution is -0.387. The van der Waals surface area contributed by atoms with Gasteiger partial charge < -0.3 is 19.5 Å². The number of nitrogens with zero attached hydrogens (tertiary/aromatic N) is 1. The van der Waals surface area contributed by atoms with Crippen molar-refractivity contribution in [1.29, 1.82) is 0 Å². The van der Waals surface area contributed by atoms with Crippen molar-refractivity contribution in [2.45, 2.75) is 39.7 Å². The lowest BCUT2D eigenvalue weighted by atomic mass is 10.1. The second kappa shape index (κ2) is 11.7. The highest BCUT2D eigenvalue weighted by molar-refractivity contribution is 5.78. The number of rotatable bonds is 12. The minimum absolute atomic E-state index is 0.0265. The number of hydrogen-bond donors (Lipinski definition) is 1. The molecule has 0 aliphatic rings. The topological polar surface area (TPSA) is 99.9 Å². The predicted molar refractivity (Wildman–Crippen MR) is 113 cm³/mol. The summed E-state index contributed by atoms with van der Waals surface area (Å²) in [6.45, 7) is 6.61. The van der Waals surface area contributed by atoms with E-state index in [1.807, 2.05) is 39.0 Å². The predicted octanol–water partition coefficient (Wildman–Crippen LogP) is 4.57. The standard InChI is InChI=1S/C22H27FN2O6/c1-4-10-29-20-9-6-16(12-21(20)30-11-5-2)15(3)24-22(26)14-31-17-7-8-19(25(27)28)18(23)13-17/h6-9,12-13,15H,4-5,10-11,14H2,1-3H3,(H,24,26). The molecule has 2 aromatic rings. The van der Waals surface area contributed by atoms with Gasteiger partial charge in [0.2, 0.25) is 5.82 Å². The number of halogens is 1. The fourth-order valence-electron chi connectivity index (χ4n) is 2.69. The van der Waals surface area contributed by atoms with Crippen LogP contribution in [0.5, 0.6) is 17.2 Å². The maximum atomic E-state index is 13.6. The molecule has 1 amide bonds. The van der Waals surface area contributed by atoms with E-state index in [0.717, 1.165) is 30.5 Å². The van der Waals surface area contributed by atoms with Crippen LogP contribution in [-0.4, -0.2) is 30.7 Å². The van der Waals surface area contributed by atoms with E-state index < -0.39 is 22.3 Å². The molecule has 2 aromatic carbocycles. The highest BCUT2D eigenvalue weighted by atomic mass is 19.1. The molecule has 0 bridgehead atoms. The Balaban J connectivity index is 1.98. The molecule has 0 radical (unpaired) electrons. The second-order valence-corrected chi connectivity index (χ2v) is 6.85. The number of carbonyl (C=O) groups excluding carboxylic acids is 1. The van der Waals surface area contributed by atoms with E-state index in [4.69, 9.17) is 14.2 Å². The largest absolute Gasteiger partial charge is 0.490 e. The van der Waals surface area contributed by atoms with Gasteiger partial charge in [0, 0.05) is 12.1 Å². The average molecular weight is 434 g/mol. The van der Waals surface area contributed by atoms with Crippen molar-refractivity contribution in [3.05, 3.63) is 57.9 Å². The molecule has 0 spiro atoms. The van der Waals surface area contributed by atoms with Gasteiger partial charge in [-0.05, 0) is 43.5 Å². The SMILES string of the molecule is CCCOc1ccc(C(C)NC(=O)COc2ccc([N+](=O)[O-])c(F)c2)cc1OCCC. The van der Waals surface area contributed by atoms with E-state index in [1.54, 1.807) is 0 Å². The van der Waals surface area contributed by atoms with E-state index in [2.05, 4.69) is 5.32 Å². The van der Waals surface area contributed by atoms with Crippen molar-refractivity contribution in [3.8, 4) is 17.2 Å². The molecule has 1 unspecified atom stereocenters. The van der Waals surface area contributed by atoms with Crippen LogP contribution in [0.15, 0.2) is 36.4 Å². The van der Waals surface area contributed by atoms with Gasteiger partial charge in [-0.1, -0.05) is 19.9 Å². The number of ether oxygens (including phenoxy) is 3. The van der Waals surface area contributed by atoms with Gasteiger partial charge in [-0.25, -0.2) is 0 Å². The highest BCUT2D eigenvalue weighted by Gasteiger charge is 2.16. The second-order valence-electron chi connectivity index (χ2n) is 6.85. The van der Waals surface area contributed by atoms with Crippen LogP contribution in [0.2, 0.25) is 0 Å². The number of hydrogen-bond acceptors (Lipinski definition) is 6. The van der Waals surface area contributed by atoms with Gasteiger partial charge >= 0.3 is 5.69 Å². The molecule has 9 heteroatoms. The zero-order valence-corrected chi connectivity index (χ0v) is 17.9. The van der Waals surface area contributed by atoms with Crippen LogP contribution in [0, 0.1) is 15.9 Å². The van der Waals surface area contributed by atoms with Crippen LogP contribution < -0.4 is 19.5 Å². The third-order valence-corrected chi connectivity index (χ3v) is 4.25. The Morgan fingerprint density at radius 1 is 1.06 bits per heavy atom. The Labute approximate surface area is 180 Å². The summed E-state index contributed by atoms with van der Waals surface area (Å²) in [5, 5.41) is 13.4. The number of benzene rings is 2. The number of nitro groups is 1. The molecule has 0 aromatic heterocycles. The fraction of sp³-hybridized carbons (Fsp3) is 0.409. The Kier molecular flexibility index (Phi) is 9.05. The molecular formula is C22H27FN2O6. The Morgan fingerprint density at radius 2 is 1.74 bits per heavy atom. The Bertz CT molecular complexity index is 906. The lowest BCUT2D eigenvalue weighted by Crippen LogP contribution is -2.31. The first-order chi connectivity index (χ1) is 14.8. The first kappa shape index (κ1) is 23.9. The van der Waals surface area contributed by atoms with Gasteiger partial charge in [0.15, 0.2) is 18.1 Å². The zero-order chi connectivity index (χ0) is 22.8. The van der Waals surface area contributed by atoms with Gasteiger partial charge in [-0.3, -0.25) is 14.9 Å². The molecule has 8 nitrogen and oxygen atoms in total. The van der Waals surface area contributed by atoms with Crippen LogP contribution in [-0.2, 0) is 4.79 Å². The maximum absolute atomic E-state index is 13.6. The minimum Gasteiger partial charge on any atom is -0.490 e. The molecule has 0 saturated heterocycles. The third kappa shape index (κ3) is 7.13. The van der Waals surface area contributed by atoms with Crippen molar-refractivity contribution >= 4 is 11.6 Å². The van der Waals surface area contributed by atoms with Crippen molar-refractivity contribution < 1.29 is 28.3 Å². The lowest BCUT2D eigenvalue weighted by Gasteiger charge is -2.18. The fourth-order valence-corrected chi connectivity index (χ4v) is 2.69. The van der Waals surface area contributed by atoms with Gasteiger partial charge in [0.1, 0.15) is 5.75 Å². The summed E-state index contributed by atoms with van der Waals surface area (Å²) in [5.74, 6) is -0.152. The van der Waals surface area contributed by atoms with E-state index in [9.17, 15) is 19.3 Å². The van der Waals surface area contributed by atoms with Crippen LogP contribution in [0.25, 0.3) is 0 Å². The highest BCUT2D eigenvalue weighted by Crippen LogP contribution is 2.31. The molecule has 168 valence electrons. The maximum Gasteiger partial charge on any atom is 0.305 e. The Hall–Kier alpha value is -3.36. The van der Waals surface area contributed by atoms with Gasteiger partial charge in [0.25, 0.3) is 5.91 Å². The van der Waals surface area contributed by atoms with Crippen LogP contribution in [0.4, 0.5) is 10.1 Å². The van der Waals surface area contributed by atoms with Crippen molar-refractivity contribution in [2.75, 3.05) is 19.8 Å². The summed E-state index contributed by atoms with van der Waals surface area (Å²) in [4.78, 5) is 22.1. The number of amides is 1. The molecular weight excluding hydrogens is 407 g/mol. The summed E-state index contributed by atoms with van der Waals surface area (Å²) in [7, 11) is 0. The van der Waals surface area contributed by atoms with Gasteiger partial charge in [-0.2, -0.15) is 4.39 Å². The molecule has 0 saturated carbocycles. The Morgan fingerprint density at radius 3 is 2.35 bits per heavy atom. The van der Waals surface area contributed by atoms with Crippen molar-refractivity contribution in [2.24, 2.45) is 0 Å². The summed E-state index contributed by atoms with van der Waals surface area (Å²) < 4.78 is 30.4. The molecule has 31 heavy (non-hydrogen) atoms. The molecule has 0 heterocycles. The quantitative estimate of drug-likeness (QED) is 0.388. The summed E-state index contributed by atoms with van der Waals surface area (Å²) in [6, 6.07) is 8.26. The normalized spacial score (nSPS) is 11.5. The smallest absolute Gasteiger partial charge is 0.305 e. The summed E-state index contributed by atoms with van der Waals surface area (Å²) in [6.07, 6.45) is 1.73. The van der Waals surface area contributed by atoms with Crippen molar-refractivity contribution in [3.63, 3.8) is 0 Å². The van der Waals surface area contributed by atoms with Gasteiger partial charge in [-0.15, -0.1) is 0 Å². The van der Waals surface area contributed by atoms with E-state index in [0.29, 0.717) is 24.7 Å². The van der Waals surface area contributed by atoms with E-state index in [1.165, 1.54) is 6.07 Å². The van der Waals surface area contributed by atoms with E-state index in [-0.39, 0.29) is 18.4 Å². The zero-order valence-electron chi connectivity index (χ0n) is 17.9. The molecule has 2 rings (SSSR count). The van der Waals surface area contributed by atoms with Gasteiger partial charge in [0.05, 0.1) is 24.2 Å². The number of nitrogens with one attached hydrogen (secondary N) is 1. The van der Waals surface area contributed by atoms with Crippen LogP contribution in [0.1, 0.15) is 45.2 Å². The van der Waals surface area contributed by atoms with Crippen LogP contribution >= 0.6 is 0 Å². The molecule has 0 aliphatic heterocycles. The van der Waals surface area contributed by atoms with Crippen molar-refractivity contribution in [1.82, 2.24) is 5.32 Å². The number of nitro benzene ring substituents is 1. The monoisotopic (exact) mass is 434 g/mol. The first-order valence-electron chi connectivity index (χ1n) is 10.1. The first-order valence-corrected chi connectivity index (χ1v) is 10.1. The summed E-state index contributed by atoms with van der Waals surface area (Å²) >= 11 is 0. The number of carbonyl (C=O) groups is 1. The third-order valence-electron chi connectivity index (χ3n) is 4.25. The average Bonchev–Trinajstić information content (AvgIpc) is 2.74. The summed E-state index contributed by atoms with van der Waals surface area (Å²) in [5.41, 5.74) is 0.169. The molecule has 1 atom stereocenters. The van der Waals surface area contributed by atoms with E-state index >= 15 is 0 Å². The molecule has 1 N–H and O–H groups in total. The molecule has 0 fully saturated rings.